The van der Waals surface area contributed by atoms with E-state index in [0.717, 1.165) is 35.2 Å². The van der Waals surface area contributed by atoms with Crippen molar-refractivity contribution in [1.29, 1.82) is 0 Å². The first kappa shape index (κ1) is 19.7. The summed E-state index contributed by atoms with van der Waals surface area (Å²) in [4.78, 5) is 5.79. The molecule has 1 aromatic carbocycles. The highest BCUT2D eigenvalue weighted by molar-refractivity contribution is 5.75. The van der Waals surface area contributed by atoms with Crippen molar-refractivity contribution in [2.45, 2.75) is 56.5 Å². The Labute approximate surface area is 184 Å². The number of fused-ring (bicyclic) bond motifs is 5. The molecule has 3 aromatic rings. The summed E-state index contributed by atoms with van der Waals surface area (Å²) in [6.45, 7) is 0.341. The molecule has 2 bridgehead atoms. The van der Waals surface area contributed by atoms with Crippen LogP contribution in [-0.2, 0) is 6.61 Å². The third-order valence-corrected chi connectivity index (χ3v) is 6.74. The second-order valence-corrected chi connectivity index (χ2v) is 8.84. The van der Waals surface area contributed by atoms with Crippen LogP contribution in [0.2, 0.25) is 0 Å². The van der Waals surface area contributed by atoms with Crippen molar-refractivity contribution in [3.05, 3.63) is 54.4 Å². The van der Waals surface area contributed by atoms with Crippen LogP contribution in [0.4, 0.5) is 5.82 Å². The zero-order chi connectivity index (χ0) is 21.9. The fraction of sp³-hybridized carbons (Fsp3) is 0.391. The Bertz CT molecular complexity index is 1130. The van der Waals surface area contributed by atoms with Gasteiger partial charge in [-0.05, 0) is 67.1 Å². The van der Waals surface area contributed by atoms with Gasteiger partial charge in [0.1, 0.15) is 12.4 Å². The highest BCUT2D eigenvalue weighted by Crippen LogP contribution is 2.40. The molecule has 0 saturated carbocycles. The van der Waals surface area contributed by atoms with Crippen LogP contribution >= 0.6 is 0 Å². The highest BCUT2D eigenvalue weighted by Gasteiger charge is 2.43. The van der Waals surface area contributed by atoms with Gasteiger partial charge in [0.2, 0.25) is 5.88 Å². The maximum Gasteiger partial charge on any atom is 0.371 e. The van der Waals surface area contributed by atoms with Crippen molar-refractivity contribution in [1.82, 2.24) is 20.1 Å². The summed E-state index contributed by atoms with van der Waals surface area (Å²) in [5, 5.41) is 38.4. The number of rotatable bonds is 4. The molecule has 0 spiro atoms. The second-order valence-electron chi connectivity index (χ2n) is 8.84. The first-order chi connectivity index (χ1) is 15.5. The number of hydrogen-bond acceptors (Lipinski definition) is 8. The first-order valence-corrected chi connectivity index (χ1v) is 11.0. The lowest BCUT2D eigenvalue weighted by atomic mass is 9.97. The third kappa shape index (κ3) is 3.34. The highest BCUT2D eigenvalue weighted by atomic mass is 16.7. The third-order valence-electron chi connectivity index (χ3n) is 6.74. The summed E-state index contributed by atoms with van der Waals surface area (Å²) < 4.78 is 7.74. The number of nitrogens with zero attached hydrogens (tertiary/aromatic N) is 4. The van der Waals surface area contributed by atoms with Crippen LogP contribution in [0.1, 0.15) is 31.2 Å². The van der Waals surface area contributed by atoms with Crippen LogP contribution in [0.25, 0.3) is 16.8 Å². The van der Waals surface area contributed by atoms with Crippen molar-refractivity contribution >= 4 is 5.82 Å². The topological polar surface area (TPSA) is 116 Å². The summed E-state index contributed by atoms with van der Waals surface area (Å²) >= 11 is 0. The minimum atomic E-state index is -3.01. The molecule has 5 heterocycles. The van der Waals surface area contributed by atoms with E-state index in [9.17, 15) is 15.3 Å². The van der Waals surface area contributed by atoms with Crippen molar-refractivity contribution in [2.24, 2.45) is 0 Å². The number of nitrogens with one attached hydrogen (secondary N) is 1. The van der Waals surface area contributed by atoms with Crippen molar-refractivity contribution in [3.63, 3.8) is 0 Å². The van der Waals surface area contributed by atoms with Gasteiger partial charge in [-0.25, -0.2) is 4.68 Å². The van der Waals surface area contributed by atoms with Gasteiger partial charge in [-0.1, -0.05) is 6.07 Å². The molecule has 0 aliphatic carbocycles. The maximum atomic E-state index is 10.2. The minimum Gasteiger partial charge on any atom is -0.472 e. The average molecular weight is 435 g/mol. The van der Waals surface area contributed by atoms with Crippen LogP contribution in [0.3, 0.4) is 0 Å². The standard InChI is InChI=1S/C23H25N5O4/c29-23(30,31)28(18-11-15-2-3-16(12-18)25-15)21-7-6-20-19-5-4-17(27-9-1-8-24-27)10-14(19)13-32-22(20)26-21/h1,4-10,15-16,18,25,29-31H,2-3,11-13H2. The quantitative estimate of drug-likeness (QED) is 0.456. The fourth-order valence-electron chi connectivity index (χ4n) is 5.38. The minimum absolute atomic E-state index is 0.244. The van der Waals surface area contributed by atoms with Crippen LogP contribution in [0, 0.1) is 0 Å². The molecule has 2 fully saturated rings. The molecule has 0 radical (unpaired) electrons. The maximum absolute atomic E-state index is 10.2. The van der Waals surface area contributed by atoms with Crippen LogP contribution < -0.4 is 15.0 Å². The second kappa shape index (κ2) is 7.28. The van der Waals surface area contributed by atoms with Gasteiger partial charge in [-0.3, -0.25) is 4.90 Å². The SMILES string of the molecule is OC(O)(O)N(c1ccc2c(n1)OCc1cc(-n3cccn3)ccc1-2)C1CC2CCC(C1)N2. The van der Waals surface area contributed by atoms with Gasteiger partial charge in [0, 0.05) is 36.1 Å². The fourth-order valence-corrected chi connectivity index (χ4v) is 5.38. The molecule has 9 heteroatoms. The van der Waals surface area contributed by atoms with Crippen LogP contribution in [0.5, 0.6) is 5.88 Å². The Balaban J connectivity index is 1.34. The van der Waals surface area contributed by atoms with E-state index in [1.807, 2.05) is 36.5 Å². The summed E-state index contributed by atoms with van der Waals surface area (Å²) in [6, 6.07) is 11.9. The molecule has 9 nitrogen and oxygen atoms in total. The van der Waals surface area contributed by atoms with Gasteiger partial charge < -0.3 is 25.4 Å². The van der Waals surface area contributed by atoms with E-state index in [4.69, 9.17) is 4.74 Å². The summed E-state index contributed by atoms with van der Waals surface area (Å²) in [6.07, 6.45) is 4.15. The average Bonchev–Trinajstić information content (AvgIpc) is 3.42. The molecule has 4 N–H and O–H groups in total. The molecular weight excluding hydrogens is 410 g/mol. The molecule has 3 aliphatic rings. The predicted octanol–water partition coefficient (Wildman–Crippen LogP) is 1.50. The van der Waals surface area contributed by atoms with Gasteiger partial charge in [0.15, 0.2) is 0 Å². The molecule has 3 aliphatic heterocycles. The smallest absolute Gasteiger partial charge is 0.371 e. The molecule has 32 heavy (non-hydrogen) atoms. The monoisotopic (exact) mass is 435 g/mol. The zero-order valence-electron chi connectivity index (χ0n) is 17.4. The van der Waals surface area contributed by atoms with Gasteiger partial charge >= 0.3 is 6.10 Å². The molecule has 2 unspecified atom stereocenters. The van der Waals surface area contributed by atoms with Crippen molar-refractivity contribution < 1.29 is 20.1 Å². The van der Waals surface area contributed by atoms with Crippen molar-refractivity contribution in [2.75, 3.05) is 4.90 Å². The van der Waals surface area contributed by atoms with Gasteiger partial charge in [-0.2, -0.15) is 10.1 Å². The first-order valence-electron chi connectivity index (χ1n) is 11.0. The normalized spacial score (nSPS) is 23.9. The number of benzene rings is 1. The summed E-state index contributed by atoms with van der Waals surface area (Å²) in [5.74, 6) is 0.687. The van der Waals surface area contributed by atoms with Crippen LogP contribution in [0.15, 0.2) is 48.8 Å². The Morgan fingerprint density at radius 2 is 1.84 bits per heavy atom. The Morgan fingerprint density at radius 1 is 1.06 bits per heavy atom. The lowest BCUT2D eigenvalue weighted by Crippen LogP contribution is -2.58. The number of ether oxygens (including phenoxy) is 1. The van der Waals surface area contributed by atoms with E-state index in [1.165, 1.54) is 4.90 Å². The van der Waals surface area contributed by atoms with Crippen molar-refractivity contribution in [3.8, 4) is 22.7 Å². The van der Waals surface area contributed by atoms with Gasteiger partial charge in [-0.15, -0.1) is 0 Å². The molecule has 6 rings (SSSR count). The molecule has 2 atom stereocenters. The lowest BCUT2D eigenvalue weighted by Gasteiger charge is -2.42. The van der Waals surface area contributed by atoms with E-state index in [1.54, 1.807) is 16.9 Å². The van der Waals surface area contributed by atoms with E-state index in [-0.39, 0.29) is 11.9 Å². The largest absolute Gasteiger partial charge is 0.472 e. The van der Waals surface area contributed by atoms with Gasteiger partial charge in [0.05, 0.1) is 5.69 Å². The number of aromatic nitrogens is 3. The Kier molecular flexibility index (Phi) is 4.48. The number of aliphatic hydroxyl groups is 3. The molecule has 2 aromatic heterocycles. The molecule has 0 amide bonds. The molecular formula is C23H25N5O4. The number of anilines is 1. The van der Waals surface area contributed by atoms with E-state index in [2.05, 4.69) is 15.4 Å². The number of hydrogen-bond donors (Lipinski definition) is 4. The van der Waals surface area contributed by atoms with E-state index >= 15 is 0 Å². The number of pyridine rings is 1. The lowest BCUT2D eigenvalue weighted by molar-refractivity contribution is -0.314. The van der Waals surface area contributed by atoms with Crippen LogP contribution in [-0.4, -0.2) is 54.3 Å². The summed E-state index contributed by atoms with van der Waals surface area (Å²) in [7, 11) is 0. The molecule has 2 saturated heterocycles. The molecule has 166 valence electrons. The zero-order valence-corrected chi connectivity index (χ0v) is 17.4. The van der Waals surface area contributed by atoms with E-state index < -0.39 is 6.10 Å². The van der Waals surface area contributed by atoms with Gasteiger partial charge in [0.25, 0.3) is 0 Å². The predicted molar refractivity (Wildman–Crippen MR) is 116 cm³/mol. The Hall–Kier alpha value is -2.98. The van der Waals surface area contributed by atoms with E-state index in [0.29, 0.717) is 37.4 Å². The summed E-state index contributed by atoms with van der Waals surface area (Å²) in [5.41, 5.74) is 3.80. The Morgan fingerprint density at radius 3 is 2.56 bits per heavy atom. The number of piperidine rings is 1.